The predicted molar refractivity (Wildman–Crippen MR) is 74.7 cm³/mol. The Bertz CT molecular complexity index is 131. The van der Waals surface area contributed by atoms with E-state index in [9.17, 15) is 0 Å². The minimum atomic E-state index is 0.869. The molecule has 1 heteroatoms. The lowest BCUT2D eigenvalue weighted by Gasteiger charge is -2.12. The maximum Gasteiger partial charge on any atom is 0.00340 e. The first-order valence-electron chi connectivity index (χ1n) is 6.52. The largest absolute Gasteiger partial charge is 0.103 e. The molecule has 15 heavy (non-hydrogen) atoms. The second-order valence-electron chi connectivity index (χ2n) is 4.42. The zero-order valence-corrected chi connectivity index (χ0v) is 11.9. The van der Waals surface area contributed by atoms with E-state index in [1.807, 2.05) is 0 Å². The van der Waals surface area contributed by atoms with Crippen LogP contribution >= 0.6 is 15.9 Å². The van der Waals surface area contributed by atoms with Gasteiger partial charge in [-0.3, -0.25) is 0 Å². The van der Waals surface area contributed by atoms with Gasteiger partial charge in [-0.2, -0.15) is 0 Å². The quantitative estimate of drug-likeness (QED) is 0.257. The molecule has 0 N–H and O–H groups in total. The standard InChI is InChI=1S/C14H27Br/c1-3-5-6-7-8-9-11-14(10-4-2)12-13-15/h4,14H,2-3,5-13H2,1H3. The van der Waals surface area contributed by atoms with Crippen LogP contribution in [0, 0.1) is 5.92 Å². The molecule has 0 nitrogen and oxygen atoms in total. The van der Waals surface area contributed by atoms with Crippen molar-refractivity contribution in [3.05, 3.63) is 12.7 Å². The van der Waals surface area contributed by atoms with Crippen molar-refractivity contribution < 1.29 is 0 Å². The monoisotopic (exact) mass is 274 g/mol. The lowest BCUT2D eigenvalue weighted by Crippen LogP contribution is -2.00. The summed E-state index contributed by atoms with van der Waals surface area (Å²) in [6.45, 7) is 6.11. The average Bonchev–Trinajstić information content (AvgIpc) is 2.24. The fraction of sp³-hybridized carbons (Fsp3) is 0.857. The summed E-state index contributed by atoms with van der Waals surface area (Å²) in [4.78, 5) is 0. The van der Waals surface area contributed by atoms with E-state index < -0.39 is 0 Å². The second kappa shape index (κ2) is 12.3. The van der Waals surface area contributed by atoms with Crippen molar-refractivity contribution >= 4 is 15.9 Å². The van der Waals surface area contributed by atoms with Crippen molar-refractivity contribution in [2.75, 3.05) is 5.33 Å². The molecule has 0 aromatic heterocycles. The van der Waals surface area contributed by atoms with Crippen molar-refractivity contribution in [2.24, 2.45) is 5.92 Å². The number of unbranched alkanes of at least 4 members (excludes halogenated alkanes) is 5. The molecule has 0 fully saturated rings. The van der Waals surface area contributed by atoms with Crippen LogP contribution in [0.5, 0.6) is 0 Å². The van der Waals surface area contributed by atoms with Crippen molar-refractivity contribution in [1.29, 1.82) is 0 Å². The molecule has 0 aliphatic rings. The van der Waals surface area contributed by atoms with Crippen molar-refractivity contribution in [3.8, 4) is 0 Å². The Morgan fingerprint density at radius 3 is 2.33 bits per heavy atom. The first-order chi connectivity index (χ1) is 7.35. The highest BCUT2D eigenvalue weighted by atomic mass is 79.9. The van der Waals surface area contributed by atoms with Gasteiger partial charge in [0.15, 0.2) is 0 Å². The van der Waals surface area contributed by atoms with Gasteiger partial charge in [0.2, 0.25) is 0 Å². The summed E-state index contributed by atoms with van der Waals surface area (Å²) in [5.74, 6) is 0.869. The molecule has 0 rings (SSSR count). The van der Waals surface area contributed by atoms with Gasteiger partial charge in [-0.1, -0.05) is 73.9 Å². The molecule has 0 saturated heterocycles. The number of hydrogen-bond donors (Lipinski definition) is 0. The minimum absolute atomic E-state index is 0.869. The van der Waals surface area contributed by atoms with Crippen molar-refractivity contribution in [3.63, 3.8) is 0 Å². The highest BCUT2D eigenvalue weighted by Gasteiger charge is 2.05. The molecule has 0 aromatic carbocycles. The Morgan fingerprint density at radius 1 is 1.07 bits per heavy atom. The zero-order chi connectivity index (χ0) is 11.4. The molecule has 90 valence electrons. The molecule has 0 aliphatic carbocycles. The van der Waals surface area contributed by atoms with Crippen molar-refractivity contribution in [2.45, 2.75) is 64.7 Å². The van der Waals surface area contributed by atoms with E-state index in [1.54, 1.807) is 0 Å². The number of rotatable bonds is 11. The Labute approximate surface area is 105 Å². The summed E-state index contributed by atoms with van der Waals surface area (Å²) in [6, 6.07) is 0. The Balaban J connectivity index is 3.32. The van der Waals surface area contributed by atoms with E-state index in [4.69, 9.17) is 0 Å². The molecule has 0 aliphatic heterocycles. The Kier molecular flexibility index (Phi) is 12.5. The van der Waals surface area contributed by atoms with Gasteiger partial charge in [0.05, 0.1) is 0 Å². The van der Waals surface area contributed by atoms with Crippen LogP contribution < -0.4 is 0 Å². The number of halogens is 1. The van der Waals surface area contributed by atoms with Gasteiger partial charge in [0.1, 0.15) is 0 Å². The minimum Gasteiger partial charge on any atom is -0.103 e. The third kappa shape index (κ3) is 10.5. The number of hydrogen-bond acceptors (Lipinski definition) is 0. The topological polar surface area (TPSA) is 0 Å². The number of alkyl halides is 1. The van der Waals surface area contributed by atoms with Crippen LogP contribution in [0.3, 0.4) is 0 Å². The van der Waals surface area contributed by atoms with Gasteiger partial charge in [-0.25, -0.2) is 0 Å². The molecular weight excluding hydrogens is 248 g/mol. The van der Waals surface area contributed by atoms with Gasteiger partial charge in [-0.05, 0) is 18.8 Å². The van der Waals surface area contributed by atoms with Crippen LogP contribution in [0.25, 0.3) is 0 Å². The average molecular weight is 275 g/mol. The maximum absolute atomic E-state index is 3.84. The van der Waals surface area contributed by atoms with Gasteiger partial charge in [-0.15, -0.1) is 6.58 Å². The maximum atomic E-state index is 3.84. The van der Waals surface area contributed by atoms with E-state index >= 15 is 0 Å². The first kappa shape index (κ1) is 15.2. The van der Waals surface area contributed by atoms with E-state index in [0.717, 1.165) is 11.2 Å². The molecule has 0 heterocycles. The van der Waals surface area contributed by atoms with Crippen LogP contribution in [0.15, 0.2) is 12.7 Å². The zero-order valence-electron chi connectivity index (χ0n) is 10.3. The van der Waals surface area contributed by atoms with E-state index in [2.05, 4.69) is 35.5 Å². The molecule has 0 saturated carbocycles. The van der Waals surface area contributed by atoms with Crippen LogP contribution in [-0.4, -0.2) is 5.33 Å². The molecule has 0 radical (unpaired) electrons. The van der Waals surface area contributed by atoms with E-state index in [-0.39, 0.29) is 0 Å². The lowest BCUT2D eigenvalue weighted by atomic mass is 9.95. The highest BCUT2D eigenvalue weighted by molar-refractivity contribution is 9.09. The summed E-state index contributed by atoms with van der Waals surface area (Å²) in [5.41, 5.74) is 0. The summed E-state index contributed by atoms with van der Waals surface area (Å²) in [7, 11) is 0. The van der Waals surface area contributed by atoms with Gasteiger partial charge in [0, 0.05) is 5.33 Å². The molecule has 0 aromatic rings. The summed E-state index contributed by atoms with van der Waals surface area (Å²) >= 11 is 3.53. The summed E-state index contributed by atoms with van der Waals surface area (Å²) in [5, 5.41) is 1.14. The summed E-state index contributed by atoms with van der Waals surface area (Å²) in [6.07, 6.45) is 14.4. The van der Waals surface area contributed by atoms with Crippen LogP contribution in [0.1, 0.15) is 64.7 Å². The Morgan fingerprint density at radius 2 is 1.73 bits per heavy atom. The molecule has 0 amide bonds. The highest BCUT2D eigenvalue weighted by Crippen LogP contribution is 2.19. The molecule has 0 spiro atoms. The van der Waals surface area contributed by atoms with Crippen molar-refractivity contribution in [1.82, 2.24) is 0 Å². The van der Waals surface area contributed by atoms with Gasteiger partial charge >= 0.3 is 0 Å². The van der Waals surface area contributed by atoms with E-state index in [0.29, 0.717) is 0 Å². The third-order valence-electron chi connectivity index (χ3n) is 2.98. The summed E-state index contributed by atoms with van der Waals surface area (Å²) < 4.78 is 0. The Hall–Kier alpha value is 0.220. The van der Waals surface area contributed by atoms with Crippen LogP contribution in [-0.2, 0) is 0 Å². The van der Waals surface area contributed by atoms with Gasteiger partial charge < -0.3 is 0 Å². The first-order valence-corrected chi connectivity index (χ1v) is 7.64. The molecule has 0 bridgehead atoms. The smallest absolute Gasteiger partial charge is 0.00340 e. The molecular formula is C14H27Br. The van der Waals surface area contributed by atoms with Gasteiger partial charge in [0.25, 0.3) is 0 Å². The fourth-order valence-corrected chi connectivity index (χ4v) is 2.63. The number of allylic oxidation sites excluding steroid dienone is 1. The normalized spacial score (nSPS) is 12.7. The lowest BCUT2D eigenvalue weighted by molar-refractivity contribution is 0.446. The molecule has 1 unspecified atom stereocenters. The van der Waals surface area contributed by atoms with Crippen LogP contribution in [0.2, 0.25) is 0 Å². The third-order valence-corrected chi connectivity index (χ3v) is 3.44. The fourth-order valence-electron chi connectivity index (χ4n) is 1.98. The van der Waals surface area contributed by atoms with E-state index in [1.165, 1.54) is 57.8 Å². The second-order valence-corrected chi connectivity index (χ2v) is 5.22. The SMILES string of the molecule is C=CCC(CCBr)CCCCCCCC. The molecule has 1 atom stereocenters. The van der Waals surface area contributed by atoms with Crippen LogP contribution in [0.4, 0.5) is 0 Å². The predicted octanol–water partition coefficient (Wildman–Crippen LogP) is 5.71.